The van der Waals surface area contributed by atoms with Crippen LogP contribution in [0.4, 0.5) is 0 Å². The van der Waals surface area contributed by atoms with Gasteiger partial charge in [0.25, 0.3) is 0 Å². The van der Waals surface area contributed by atoms with Gasteiger partial charge in [0.15, 0.2) is 0 Å². The summed E-state index contributed by atoms with van der Waals surface area (Å²) in [6.07, 6.45) is 0.147. The van der Waals surface area contributed by atoms with E-state index >= 15 is 0 Å². The minimum Gasteiger partial charge on any atom is -0.495 e. The van der Waals surface area contributed by atoms with E-state index in [4.69, 9.17) is 10.00 Å². The van der Waals surface area contributed by atoms with Gasteiger partial charge in [-0.3, -0.25) is 0 Å². The molecule has 0 atom stereocenters. The Morgan fingerprint density at radius 1 is 1.45 bits per heavy atom. The lowest BCUT2D eigenvalue weighted by molar-refractivity contribution is 0.354. The van der Waals surface area contributed by atoms with Crippen LogP contribution in [0.1, 0.15) is 20.3 Å². The second kappa shape index (κ2) is 7.07. The number of ether oxygens (including phenoxy) is 1. The summed E-state index contributed by atoms with van der Waals surface area (Å²) in [5, 5.41) is 8.67. The van der Waals surface area contributed by atoms with Gasteiger partial charge in [-0.05, 0) is 32.0 Å². The molecule has 0 fully saturated rings. The first-order valence-corrected chi connectivity index (χ1v) is 8.30. The molecule has 5 nitrogen and oxygen atoms in total. The maximum atomic E-state index is 12.7. The highest BCUT2D eigenvalue weighted by Gasteiger charge is 2.29. The molecule has 0 aliphatic rings. The van der Waals surface area contributed by atoms with Crippen molar-refractivity contribution >= 4 is 26.0 Å². The summed E-state index contributed by atoms with van der Waals surface area (Å²) in [6.45, 7) is 3.71. The largest absolute Gasteiger partial charge is 0.495 e. The Balaban J connectivity index is 3.33. The van der Waals surface area contributed by atoms with Crippen LogP contribution in [0.5, 0.6) is 5.75 Å². The normalized spacial score (nSPS) is 11.7. The smallest absolute Gasteiger partial charge is 0.247 e. The molecule has 110 valence electrons. The molecular formula is C13H17BrN2O3S. The van der Waals surface area contributed by atoms with E-state index in [0.717, 1.165) is 0 Å². The second-order valence-electron chi connectivity index (χ2n) is 4.41. The molecule has 0 aromatic heterocycles. The van der Waals surface area contributed by atoms with Crippen molar-refractivity contribution in [3.63, 3.8) is 0 Å². The molecule has 20 heavy (non-hydrogen) atoms. The van der Waals surface area contributed by atoms with Gasteiger partial charge in [-0.1, -0.05) is 15.9 Å². The first-order chi connectivity index (χ1) is 9.34. The number of hydrogen-bond donors (Lipinski definition) is 0. The average molecular weight is 361 g/mol. The van der Waals surface area contributed by atoms with Crippen LogP contribution in [0.3, 0.4) is 0 Å². The number of hydrogen-bond acceptors (Lipinski definition) is 4. The van der Waals surface area contributed by atoms with Crippen LogP contribution < -0.4 is 4.74 Å². The molecule has 0 heterocycles. The number of methoxy groups -OCH3 is 1. The topological polar surface area (TPSA) is 70.4 Å². The molecule has 0 bridgehead atoms. The fraction of sp³-hybridized carbons (Fsp3) is 0.462. The van der Waals surface area contributed by atoms with Crippen molar-refractivity contribution in [2.45, 2.75) is 31.2 Å². The Labute approximate surface area is 128 Å². The Kier molecular flexibility index (Phi) is 5.99. The summed E-state index contributed by atoms with van der Waals surface area (Å²) in [6, 6.07) is 6.55. The molecule has 0 saturated carbocycles. The highest BCUT2D eigenvalue weighted by molar-refractivity contribution is 9.10. The van der Waals surface area contributed by atoms with Crippen LogP contribution in [0, 0.1) is 11.3 Å². The Bertz CT molecular complexity index is 609. The summed E-state index contributed by atoms with van der Waals surface area (Å²) in [4.78, 5) is 0.0982. The van der Waals surface area contributed by atoms with Gasteiger partial charge in [0, 0.05) is 23.5 Å². The van der Waals surface area contributed by atoms with E-state index < -0.39 is 10.0 Å². The molecule has 0 saturated heterocycles. The Hall–Kier alpha value is -1.10. The van der Waals surface area contributed by atoms with Gasteiger partial charge in [0.1, 0.15) is 10.6 Å². The van der Waals surface area contributed by atoms with Crippen molar-refractivity contribution in [2.75, 3.05) is 13.7 Å². The zero-order valence-electron chi connectivity index (χ0n) is 11.6. The van der Waals surface area contributed by atoms with Crippen LogP contribution in [-0.2, 0) is 10.0 Å². The van der Waals surface area contributed by atoms with E-state index in [1.54, 1.807) is 26.0 Å². The summed E-state index contributed by atoms with van der Waals surface area (Å²) >= 11 is 3.27. The number of sulfonamides is 1. The van der Waals surface area contributed by atoms with Crippen LogP contribution in [-0.4, -0.2) is 32.4 Å². The molecule has 0 N–H and O–H groups in total. The molecule has 0 aliphatic carbocycles. The number of nitrogens with zero attached hydrogens (tertiary/aromatic N) is 2. The first kappa shape index (κ1) is 17.0. The SMILES string of the molecule is COc1ccc(Br)cc1S(=O)(=O)N(CCC#N)C(C)C. The van der Waals surface area contributed by atoms with Crippen molar-refractivity contribution in [1.29, 1.82) is 5.26 Å². The summed E-state index contributed by atoms with van der Waals surface area (Å²) in [7, 11) is -2.28. The van der Waals surface area contributed by atoms with Crippen molar-refractivity contribution in [3.05, 3.63) is 22.7 Å². The van der Waals surface area contributed by atoms with Gasteiger partial charge in [-0.25, -0.2) is 8.42 Å². The third kappa shape index (κ3) is 3.72. The van der Waals surface area contributed by atoms with Gasteiger partial charge in [-0.15, -0.1) is 0 Å². The van der Waals surface area contributed by atoms with Gasteiger partial charge in [-0.2, -0.15) is 9.57 Å². The highest BCUT2D eigenvalue weighted by atomic mass is 79.9. The zero-order valence-corrected chi connectivity index (χ0v) is 14.0. The summed E-state index contributed by atoms with van der Waals surface area (Å²) in [5.74, 6) is 0.288. The molecule has 0 amide bonds. The van der Waals surface area contributed by atoms with E-state index in [2.05, 4.69) is 15.9 Å². The van der Waals surface area contributed by atoms with Crippen molar-refractivity contribution in [1.82, 2.24) is 4.31 Å². The lowest BCUT2D eigenvalue weighted by Gasteiger charge is -2.25. The molecule has 1 aromatic rings. The molecule has 1 rings (SSSR count). The van der Waals surface area contributed by atoms with E-state index in [9.17, 15) is 8.42 Å². The molecule has 1 aromatic carbocycles. The summed E-state index contributed by atoms with van der Waals surface area (Å²) < 4.78 is 32.5. The molecule has 0 unspecified atom stereocenters. The van der Waals surface area contributed by atoms with Crippen LogP contribution in [0.25, 0.3) is 0 Å². The number of rotatable bonds is 6. The maximum absolute atomic E-state index is 12.7. The molecular weight excluding hydrogens is 344 g/mol. The van der Waals surface area contributed by atoms with Crippen LogP contribution in [0.2, 0.25) is 0 Å². The number of nitriles is 1. The molecule has 7 heteroatoms. The third-order valence-corrected chi connectivity index (χ3v) is 5.32. The average Bonchev–Trinajstić information content (AvgIpc) is 2.38. The van der Waals surface area contributed by atoms with Gasteiger partial charge >= 0.3 is 0 Å². The zero-order chi connectivity index (χ0) is 15.3. The van der Waals surface area contributed by atoms with Crippen molar-refractivity contribution in [2.24, 2.45) is 0 Å². The minimum absolute atomic E-state index is 0.0982. The van der Waals surface area contributed by atoms with E-state index in [1.807, 2.05) is 6.07 Å². The molecule has 0 spiro atoms. The summed E-state index contributed by atoms with van der Waals surface area (Å²) in [5.41, 5.74) is 0. The van der Waals surface area contributed by atoms with Crippen molar-refractivity contribution in [3.8, 4) is 11.8 Å². The van der Waals surface area contributed by atoms with Crippen molar-refractivity contribution < 1.29 is 13.2 Å². The first-order valence-electron chi connectivity index (χ1n) is 6.07. The van der Waals surface area contributed by atoms with Crippen LogP contribution >= 0.6 is 15.9 Å². The third-order valence-electron chi connectivity index (χ3n) is 2.73. The quantitative estimate of drug-likeness (QED) is 0.781. The number of benzene rings is 1. The van der Waals surface area contributed by atoms with E-state index in [1.165, 1.54) is 17.5 Å². The van der Waals surface area contributed by atoms with Gasteiger partial charge in [0.2, 0.25) is 10.0 Å². The lowest BCUT2D eigenvalue weighted by Crippen LogP contribution is -2.37. The Morgan fingerprint density at radius 2 is 2.10 bits per heavy atom. The van der Waals surface area contributed by atoms with Gasteiger partial charge < -0.3 is 4.74 Å². The van der Waals surface area contributed by atoms with Crippen LogP contribution in [0.15, 0.2) is 27.6 Å². The number of halogens is 1. The van der Waals surface area contributed by atoms with Gasteiger partial charge in [0.05, 0.1) is 13.2 Å². The Morgan fingerprint density at radius 3 is 2.60 bits per heavy atom. The second-order valence-corrected chi connectivity index (χ2v) is 7.19. The molecule has 0 radical (unpaired) electrons. The predicted molar refractivity (Wildman–Crippen MR) is 80.0 cm³/mol. The predicted octanol–water partition coefficient (Wildman–Crippen LogP) is 2.77. The maximum Gasteiger partial charge on any atom is 0.247 e. The molecule has 0 aliphatic heterocycles. The fourth-order valence-electron chi connectivity index (χ4n) is 1.79. The lowest BCUT2D eigenvalue weighted by atomic mass is 10.3. The van der Waals surface area contributed by atoms with E-state index in [-0.39, 0.29) is 29.7 Å². The fourth-order valence-corrected chi connectivity index (χ4v) is 4.13. The monoisotopic (exact) mass is 360 g/mol. The standard InChI is InChI=1S/C13H17BrN2O3S/c1-10(2)16(8-4-7-15)20(17,18)13-9-11(14)5-6-12(13)19-3/h5-6,9-10H,4,8H2,1-3H3. The minimum atomic E-state index is -3.71. The van der Waals surface area contributed by atoms with E-state index in [0.29, 0.717) is 4.47 Å². The highest BCUT2D eigenvalue weighted by Crippen LogP contribution is 2.30.